The van der Waals surface area contributed by atoms with Crippen molar-refractivity contribution in [2.75, 3.05) is 27.2 Å². The molecular formula is C7H11N3O4. The lowest BCUT2D eigenvalue weighted by atomic mass is 10.4. The smallest absolute Gasteiger partial charge is 0.433 e. The van der Waals surface area contributed by atoms with E-state index in [2.05, 4.69) is 15.3 Å². The van der Waals surface area contributed by atoms with Crippen molar-refractivity contribution < 1.29 is 19.2 Å². The number of carbonyl (C=O) groups excluding carboxylic acids is 2. The maximum Gasteiger partial charge on any atom is 0.433 e. The fourth-order valence-corrected chi connectivity index (χ4v) is 0.800. The number of ether oxygens (including phenoxy) is 1. The SMILES string of the molecule is CNC(=O)ON=C1OCCN(C)C1=O. The van der Waals surface area contributed by atoms with Crippen molar-refractivity contribution in [3.8, 4) is 0 Å². The summed E-state index contributed by atoms with van der Waals surface area (Å²) in [6.07, 6.45) is -0.748. The lowest BCUT2D eigenvalue weighted by molar-refractivity contribution is -0.127. The zero-order valence-corrected chi connectivity index (χ0v) is 7.94. The topological polar surface area (TPSA) is 80.2 Å². The lowest BCUT2D eigenvalue weighted by Gasteiger charge is -2.22. The maximum atomic E-state index is 11.3. The third kappa shape index (κ3) is 2.35. The first-order valence-corrected chi connectivity index (χ1v) is 4.00. The molecule has 7 nitrogen and oxygen atoms in total. The third-order valence-electron chi connectivity index (χ3n) is 1.61. The number of hydrogen-bond donors (Lipinski definition) is 1. The number of hydrogen-bond acceptors (Lipinski definition) is 5. The van der Waals surface area contributed by atoms with Gasteiger partial charge in [-0.1, -0.05) is 0 Å². The highest BCUT2D eigenvalue weighted by atomic mass is 16.7. The minimum absolute atomic E-state index is 0.206. The monoisotopic (exact) mass is 201 g/mol. The lowest BCUT2D eigenvalue weighted by Crippen LogP contribution is -2.42. The molecule has 0 unspecified atom stereocenters. The van der Waals surface area contributed by atoms with Gasteiger partial charge in [-0.3, -0.25) is 9.63 Å². The van der Waals surface area contributed by atoms with Crippen LogP contribution in [0, 0.1) is 0 Å². The van der Waals surface area contributed by atoms with Gasteiger partial charge >= 0.3 is 17.9 Å². The van der Waals surface area contributed by atoms with E-state index in [0.29, 0.717) is 13.2 Å². The number of oxime groups is 1. The molecule has 0 aromatic carbocycles. The highest BCUT2D eigenvalue weighted by molar-refractivity contribution is 6.35. The standard InChI is InChI=1S/C7H11N3O4/c1-8-7(12)14-9-5-6(11)10(2)3-4-13-5/h3-4H2,1-2H3,(H,8,12). The van der Waals surface area contributed by atoms with Crippen LogP contribution in [0.25, 0.3) is 0 Å². The van der Waals surface area contributed by atoms with E-state index in [1.807, 2.05) is 0 Å². The molecule has 7 heteroatoms. The summed E-state index contributed by atoms with van der Waals surface area (Å²) in [5, 5.41) is 5.46. The Kier molecular flexibility index (Phi) is 3.27. The zero-order chi connectivity index (χ0) is 10.6. The molecule has 0 aromatic rings. The summed E-state index contributed by atoms with van der Waals surface area (Å²) in [4.78, 5) is 27.6. The van der Waals surface area contributed by atoms with Crippen molar-refractivity contribution >= 4 is 17.9 Å². The molecule has 0 radical (unpaired) electrons. The largest absolute Gasteiger partial charge is 0.470 e. The van der Waals surface area contributed by atoms with Gasteiger partial charge in [0.1, 0.15) is 6.61 Å². The van der Waals surface area contributed by atoms with Crippen molar-refractivity contribution in [1.82, 2.24) is 10.2 Å². The van der Waals surface area contributed by atoms with Gasteiger partial charge in [-0.05, 0) is 5.16 Å². The number of nitrogens with one attached hydrogen (secondary N) is 1. The Bertz CT molecular complexity index is 276. The average molecular weight is 201 g/mol. The normalized spacial score (nSPS) is 19.1. The van der Waals surface area contributed by atoms with Gasteiger partial charge < -0.3 is 15.0 Å². The highest BCUT2D eigenvalue weighted by Gasteiger charge is 2.24. The molecule has 1 saturated heterocycles. The van der Waals surface area contributed by atoms with Crippen molar-refractivity contribution in [3.05, 3.63) is 0 Å². The Morgan fingerprint density at radius 1 is 1.71 bits per heavy atom. The molecule has 1 aliphatic heterocycles. The van der Waals surface area contributed by atoms with Gasteiger partial charge in [-0.15, -0.1) is 0 Å². The quantitative estimate of drug-likeness (QED) is 0.442. The van der Waals surface area contributed by atoms with Crippen LogP contribution >= 0.6 is 0 Å². The van der Waals surface area contributed by atoms with Gasteiger partial charge in [-0.25, -0.2) is 4.79 Å². The van der Waals surface area contributed by atoms with E-state index in [9.17, 15) is 9.59 Å². The van der Waals surface area contributed by atoms with Gasteiger partial charge in [0.25, 0.3) is 0 Å². The van der Waals surface area contributed by atoms with Crippen LogP contribution in [0.15, 0.2) is 5.16 Å². The number of likely N-dealkylation sites (N-methyl/N-ethyl adjacent to an activating group) is 1. The molecule has 0 bridgehead atoms. The molecule has 14 heavy (non-hydrogen) atoms. The van der Waals surface area contributed by atoms with Gasteiger partial charge in [-0.2, -0.15) is 0 Å². The first-order valence-electron chi connectivity index (χ1n) is 4.00. The van der Waals surface area contributed by atoms with E-state index in [1.54, 1.807) is 7.05 Å². The molecule has 0 saturated carbocycles. The first kappa shape index (κ1) is 10.3. The summed E-state index contributed by atoms with van der Waals surface area (Å²) >= 11 is 0. The average Bonchev–Trinajstić information content (AvgIpc) is 2.20. The van der Waals surface area contributed by atoms with Crippen molar-refractivity contribution in [2.24, 2.45) is 5.16 Å². The van der Waals surface area contributed by atoms with E-state index in [0.717, 1.165) is 0 Å². The third-order valence-corrected chi connectivity index (χ3v) is 1.61. The molecule has 1 aliphatic rings. The minimum atomic E-state index is -0.748. The molecular weight excluding hydrogens is 190 g/mol. The van der Waals surface area contributed by atoms with Crippen LogP contribution in [0.2, 0.25) is 0 Å². The zero-order valence-electron chi connectivity index (χ0n) is 7.94. The van der Waals surface area contributed by atoms with Crippen molar-refractivity contribution in [3.63, 3.8) is 0 Å². The molecule has 0 aliphatic carbocycles. The first-order chi connectivity index (χ1) is 6.65. The second-order valence-electron chi connectivity index (χ2n) is 2.60. The van der Waals surface area contributed by atoms with Crippen LogP contribution in [-0.4, -0.2) is 50.0 Å². The van der Waals surface area contributed by atoms with Crippen LogP contribution < -0.4 is 5.32 Å². The van der Waals surface area contributed by atoms with Crippen molar-refractivity contribution in [1.29, 1.82) is 0 Å². The molecule has 1 heterocycles. The molecule has 0 aromatic heterocycles. The Labute approximate surface area is 80.6 Å². The summed E-state index contributed by atoms with van der Waals surface area (Å²) in [5.41, 5.74) is 0. The summed E-state index contributed by atoms with van der Waals surface area (Å²) in [6.45, 7) is 0.843. The predicted molar refractivity (Wildman–Crippen MR) is 46.6 cm³/mol. The second-order valence-corrected chi connectivity index (χ2v) is 2.60. The van der Waals surface area contributed by atoms with E-state index in [1.165, 1.54) is 11.9 Å². The van der Waals surface area contributed by atoms with Crippen molar-refractivity contribution in [2.45, 2.75) is 0 Å². The summed E-state index contributed by atoms with van der Waals surface area (Å²) < 4.78 is 4.91. The molecule has 78 valence electrons. The van der Waals surface area contributed by atoms with Gasteiger partial charge in [0, 0.05) is 14.1 Å². The fourth-order valence-electron chi connectivity index (χ4n) is 0.800. The Hall–Kier alpha value is -1.79. The van der Waals surface area contributed by atoms with E-state index >= 15 is 0 Å². The number of nitrogens with zero attached hydrogens (tertiary/aromatic N) is 2. The second kappa shape index (κ2) is 4.45. The minimum Gasteiger partial charge on any atom is -0.470 e. The highest BCUT2D eigenvalue weighted by Crippen LogP contribution is 1.99. The molecule has 2 amide bonds. The Morgan fingerprint density at radius 3 is 3.07 bits per heavy atom. The number of carbonyl (C=O) groups is 2. The molecule has 1 N–H and O–H groups in total. The number of rotatable bonds is 1. The summed E-state index contributed by atoms with van der Waals surface area (Å²) in [7, 11) is 3.00. The van der Waals surface area contributed by atoms with Crippen LogP contribution in [-0.2, 0) is 14.4 Å². The van der Waals surface area contributed by atoms with Crippen LogP contribution in [0.3, 0.4) is 0 Å². The summed E-state index contributed by atoms with van der Waals surface area (Å²) in [6, 6.07) is 0. The fraction of sp³-hybridized carbons (Fsp3) is 0.571. The molecule has 0 spiro atoms. The molecule has 1 fully saturated rings. The van der Waals surface area contributed by atoms with Gasteiger partial charge in [0.05, 0.1) is 6.54 Å². The molecule has 1 rings (SSSR count). The number of amides is 2. The van der Waals surface area contributed by atoms with Gasteiger partial charge in [0.2, 0.25) is 0 Å². The Balaban J connectivity index is 2.57. The number of morpholine rings is 1. The van der Waals surface area contributed by atoms with E-state index in [4.69, 9.17) is 4.74 Å². The van der Waals surface area contributed by atoms with Crippen LogP contribution in [0.4, 0.5) is 4.79 Å². The maximum absolute atomic E-state index is 11.3. The predicted octanol–water partition coefficient (Wildman–Crippen LogP) is -0.856. The van der Waals surface area contributed by atoms with E-state index < -0.39 is 12.0 Å². The summed E-state index contributed by atoms with van der Waals surface area (Å²) in [5.74, 6) is -0.609. The van der Waals surface area contributed by atoms with Gasteiger partial charge in [0.15, 0.2) is 0 Å². The van der Waals surface area contributed by atoms with Crippen LogP contribution in [0.5, 0.6) is 0 Å². The Morgan fingerprint density at radius 2 is 2.43 bits per heavy atom. The van der Waals surface area contributed by atoms with E-state index in [-0.39, 0.29) is 5.90 Å². The molecule has 0 atom stereocenters. The van der Waals surface area contributed by atoms with Crippen LogP contribution in [0.1, 0.15) is 0 Å².